The maximum Gasteiger partial charge on any atom is 0.472 e. The molecule has 9 heteroatoms. The molecule has 0 rings (SSSR count). The lowest BCUT2D eigenvalue weighted by molar-refractivity contribution is -0.870. The molecule has 370 valence electrons. The molecule has 62 heavy (non-hydrogen) atoms. The Bertz CT molecular complexity index is 1020. The van der Waals surface area contributed by atoms with Crippen molar-refractivity contribution in [3.8, 4) is 0 Å². The standard InChI is InChI=1S/C53H107N2O6P/c1-6-8-10-12-14-16-18-19-20-21-22-23-24-25-26-27-28-29-30-31-32-33-34-35-36-37-39-41-43-45-47-53(57)54-51(50-61-62(58,59)60-49-48-55(3,4)5)52(56)46-44-42-40-38-17-15-13-11-9-7-2/h25-26,51-52,56H,6-24,27-50H2,1-5H3,(H-,54,57,58,59)/p+1/b26-25-. The molecule has 0 spiro atoms. The minimum Gasteiger partial charge on any atom is -0.391 e. The molecule has 8 nitrogen and oxygen atoms in total. The molecule has 0 aliphatic carbocycles. The molecule has 0 aromatic heterocycles. The van der Waals surface area contributed by atoms with Crippen LogP contribution in [0.25, 0.3) is 0 Å². The number of nitrogens with zero attached hydrogens (tertiary/aromatic N) is 1. The van der Waals surface area contributed by atoms with E-state index in [1.165, 1.54) is 205 Å². The number of phosphoric ester groups is 1. The van der Waals surface area contributed by atoms with E-state index in [0.29, 0.717) is 23.9 Å². The summed E-state index contributed by atoms with van der Waals surface area (Å²) in [5, 5.41) is 14.0. The van der Waals surface area contributed by atoms with Crippen LogP contribution >= 0.6 is 7.82 Å². The smallest absolute Gasteiger partial charge is 0.391 e. The van der Waals surface area contributed by atoms with Gasteiger partial charge in [-0.2, -0.15) is 0 Å². The van der Waals surface area contributed by atoms with Gasteiger partial charge in [0.25, 0.3) is 0 Å². The van der Waals surface area contributed by atoms with Crippen LogP contribution in [0, 0.1) is 0 Å². The van der Waals surface area contributed by atoms with E-state index >= 15 is 0 Å². The zero-order valence-corrected chi connectivity index (χ0v) is 43.0. The number of hydrogen-bond donors (Lipinski definition) is 3. The quantitative estimate of drug-likeness (QED) is 0.0243. The fraction of sp³-hybridized carbons (Fsp3) is 0.943. The number of phosphoric acid groups is 1. The Labute approximate surface area is 386 Å². The number of carbonyl (C=O) groups excluding carboxylic acids is 1. The predicted octanol–water partition coefficient (Wildman–Crippen LogP) is 15.9. The van der Waals surface area contributed by atoms with Crippen molar-refractivity contribution in [2.45, 2.75) is 283 Å². The number of carbonyl (C=O) groups is 1. The van der Waals surface area contributed by atoms with Gasteiger partial charge in [0.1, 0.15) is 13.2 Å². The molecule has 0 aliphatic rings. The molecule has 3 atom stereocenters. The molecule has 0 aromatic carbocycles. The van der Waals surface area contributed by atoms with Gasteiger partial charge in [0.15, 0.2) is 0 Å². The third-order valence-electron chi connectivity index (χ3n) is 12.5. The molecule has 0 radical (unpaired) electrons. The van der Waals surface area contributed by atoms with Crippen LogP contribution in [0.15, 0.2) is 12.2 Å². The topological polar surface area (TPSA) is 105 Å². The highest BCUT2D eigenvalue weighted by molar-refractivity contribution is 7.47. The van der Waals surface area contributed by atoms with Crippen LogP contribution in [0.5, 0.6) is 0 Å². The van der Waals surface area contributed by atoms with Crippen molar-refractivity contribution in [1.29, 1.82) is 0 Å². The van der Waals surface area contributed by atoms with E-state index in [-0.39, 0.29) is 19.1 Å². The van der Waals surface area contributed by atoms with Crippen molar-refractivity contribution in [1.82, 2.24) is 5.32 Å². The number of hydrogen-bond acceptors (Lipinski definition) is 5. The normalized spacial score (nSPS) is 14.1. The largest absolute Gasteiger partial charge is 0.472 e. The number of allylic oxidation sites excluding steroid dienone is 2. The molecule has 0 bridgehead atoms. The maximum absolute atomic E-state index is 12.9. The van der Waals surface area contributed by atoms with Crippen LogP contribution in [-0.4, -0.2) is 73.4 Å². The number of quaternary nitrogens is 1. The summed E-state index contributed by atoms with van der Waals surface area (Å²) in [4.78, 5) is 23.2. The van der Waals surface area contributed by atoms with Gasteiger partial charge in [-0.3, -0.25) is 13.8 Å². The van der Waals surface area contributed by atoms with Gasteiger partial charge in [0, 0.05) is 6.42 Å². The summed E-state index contributed by atoms with van der Waals surface area (Å²) >= 11 is 0. The van der Waals surface area contributed by atoms with Gasteiger partial charge in [0.05, 0.1) is 39.9 Å². The first-order chi connectivity index (χ1) is 30.0. The number of nitrogens with one attached hydrogen (secondary N) is 1. The SMILES string of the molecule is CCCCCCCCCCCCCC/C=C\CCCCCCCCCCCCCCCCC(=O)NC(COP(=O)(O)OCC[N+](C)(C)C)C(O)CCCCCCCCCCCC. The van der Waals surface area contributed by atoms with Gasteiger partial charge in [-0.05, 0) is 38.5 Å². The van der Waals surface area contributed by atoms with Crippen molar-refractivity contribution in [3.63, 3.8) is 0 Å². The number of amides is 1. The Kier molecular flexibility index (Phi) is 44.8. The molecule has 0 saturated heterocycles. The van der Waals surface area contributed by atoms with Crippen molar-refractivity contribution in [3.05, 3.63) is 12.2 Å². The van der Waals surface area contributed by atoms with Crippen molar-refractivity contribution >= 4 is 13.7 Å². The molecule has 1 amide bonds. The second-order valence-electron chi connectivity index (χ2n) is 20.0. The Morgan fingerprint density at radius 2 is 0.871 bits per heavy atom. The molecule has 0 fully saturated rings. The summed E-state index contributed by atoms with van der Waals surface area (Å²) in [5.41, 5.74) is 0. The van der Waals surface area contributed by atoms with Gasteiger partial charge >= 0.3 is 7.82 Å². The van der Waals surface area contributed by atoms with E-state index in [0.717, 1.165) is 38.5 Å². The highest BCUT2D eigenvalue weighted by Crippen LogP contribution is 2.43. The predicted molar refractivity (Wildman–Crippen MR) is 268 cm³/mol. The lowest BCUT2D eigenvalue weighted by Gasteiger charge is -2.26. The summed E-state index contributed by atoms with van der Waals surface area (Å²) in [6, 6.07) is -0.755. The number of unbranched alkanes of at least 4 members (excludes halogenated alkanes) is 35. The molecular formula is C53H108N2O6P+. The van der Waals surface area contributed by atoms with Gasteiger partial charge in [-0.25, -0.2) is 4.57 Å². The molecule has 0 aliphatic heterocycles. The average molecular weight is 900 g/mol. The van der Waals surface area contributed by atoms with Crippen LogP contribution in [0.2, 0.25) is 0 Å². The van der Waals surface area contributed by atoms with Gasteiger partial charge in [-0.15, -0.1) is 0 Å². The summed E-state index contributed by atoms with van der Waals surface area (Å²) in [6.45, 7) is 4.90. The zero-order chi connectivity index (χ0) is 45.7. The maximum atomic E-state index is 12.9. The number of aliphatic hydroxyl groups is 1. The van der Waals surface area contributed by atoms with E-state index in [1.54, 1.807) is 0 Å². The Morgan fingerprint density at radius 1 is 0.532 bits per heavy atom. The minimum atomic E-state index is -4.31. The van der Waals surface area contributed by atoms with Crippen molar-refractivity contribution in [2.24, 2.45) is 0 Å². The van der Waals surface area contributed by atoms with Gasteiger partial charge in [0.2, 0.25) is 5.91 Å². The van der Waals surface area contributed by atoms with E-state index in [4.69, 9.17) is 9.05 Å². The molecule has 0 aromatic rings. The number of aliphatic hydroxyl groups excluding tert-OH is 1. The van der Waals surface area contributed by atoms with E-state index < -0.39 is 20.0 Å². The lowest BCUT2D eigenvalue weighted by Crippen LogP contribution is -2.46. The lowest BCUT2D eigenvalue weighted by atomic mass is 10.0. The summed E-state index contributed by atoms with van der Waals surface area (Å²) in [6.07, 6.45) is 54.2. The van der Waals surface area contributed by atoms with Gasteiger partial charge in [-0.1, -0.05) is 238 Å². The Balaban J connectivity index is 3.96. The number of likely N-dealkylation sites (N-methyl/N-ethyl adjacent to an activating group) is 1. The molecule has 3 unspecified atom stereocenters. The third-order valence-corrected chi connectivity index (χ3v) is 13.5. The monoisotopic (exact) mass is 900 g/mol. The Morgan fingerprint density at radius 3 is 1.24 bits per heavy atom. The molecule has 0 heterocycles. The highest BCUT2D eigenvalue weighted by Gasteiger charge is 2.28. The van der Waals surface area contributed by atoms with E-state index in [9.17, 15) is 19.4 Å². The summed E-state index contributed by atoms with van der Waals surface area (Å²) in [5.74, 6) is -0.142. The summed E-state index contributed by atoms with van der Waals surface area (Å²) in [7, 11) is 1.63. The van der Waals surface area contributed by atoms with Crippen LogP contribution < -0.4 is 5.32 Å². The van der Waals surface area contributed by atoms with Crippen LogP contribution in [0.4, 0.5) is 0 Å². The van der Waals surface area contributed by atoms with Crippen LogP contribution in [0.1, 0.15) is 271 Å². The second kappa shape index (κ2) is 45.4. The van der Waals surface area contributed by atoms with Gasteiger partial charge < -0.3 is 19.8 Å². The third kappa shape index (κ3) is 47.2. The first kappa shape index (κ1) is 61.2. The first-order valence-electron chi connectivity index (χ1n) is 27.1. The highest BCUT2D eigenvalue weighted by atomic mass is 31.2. The minimum absolute atomic E-state index is 0.0770. The summed E-state index contributed by atoms with van der Waals surface area (Å²) < 4.78 is 23.6. The average Bonchev–Trinajstić information content (AvgIpc) is 3.23. The fourth-order valence-corrected chi connectivity index (χ4v) is 8.96. The zero-order valence-electron chi connectivity index (χ0n) is 42.1. The van der Waals surface area contributed by atoms with Crippen molar-refractivity contribution < 1.29 is 32.9 Å². The molecule has 0 saturated carbocycles. The van der Waals surface area contributed by atoms with Crippen LogP contribution in [-0.2, 0) is 18.4 Å². The fourth-order valence-electron chi connectivity index (χ4n) is 8.22. The van der Waals surface area contributed by atoms with Crippen molar-refractivity contribution in [2.75, 3.05) is 40.9 Å². The molecule has 3 N–H and O–H groups in total. The molecular weight excluding hydrogens is 792 g/mol. The van der Waals surface area contributed by atoms with E-state index in [2.05, 4.69) is 31.3 Å². The van der Waals surface area contributed by atoms with E-state index in [1.807, 2.05) is 21.1 Å². The van der Waals surface area contributed by atoms with Crippen LogP contribution in [0.3, 0.4) is 0 Å². The number of rotatable bonds is 50. The first-order valence-corrected chi connectivity index (χ1v) is 28.5. The Hall–Kier alpha value is -0.760. The second-order valence-corrected chi connectivity index (χ2v) is 21.4.